The quantitative estimate of drug-likeness (QED) is 0.181. The topological polar surface area (TPSA) is 169 Å². The molecule has 0 spiro atoms. The van der Waals surface area contributed by atoms with E-state index in [1.165, 1.54) is 32.9 Å². The number of amides is 4. The van der Waals surface area contributed by atoms with Crippen LogP contribution in [0.3, 0.4) is 0 Å². The Balaban J connectivity index is 2.13. The maximum absolute atomic E-state index is 13.2. The Labute approximate surface area is 244 Å². The fraction of sp³-hybridized carbons (Fsp3) is 0.444. The van der Waals surface area contributed by atoms with E-state index >= 15 is 0 Å². The first-order valence-electron chi connectivity index (χ1n) is 12.9. The number of halogens is 3. The van der Waals surface area contributed by atoms with Gasteiger partial charge in [0.25, 0.3) is 5.91 Å². The molecule has 0 saturated heterocycles. The van der Waals surface area contributed by atoms with Crippen molar-refractivity contribution in [2.75, 3.05) is 25.5 Å². The van der Waals surface area contributed by atoms with Crippen LogP contribution in [0.4, 0.5) is 18.2 Å². The lowest BCUT2D eigenvalue weighted by atomic mass is 9.94. The Hall–Kier alpha value is -3.98. The highest BCUT2D eigenvalue weighted by molar-refractivity contribution is 7.18. The summed E-state index contributed by atoms with van der Waals surface area (Å²) < 4.78 is 43.7. The Kier molecular flexibility index (Phi) is 12.0. The van der Waals surface area contributed by atoms with Crippen LogP contribution in [0.5, 0.6) is 0 Å². The number of benzene rings is 1. The molecule has 0 radical (unpaired) electrons. The minimum Gasteiger partial charge on any atom is -0.465 e. The van der Waals surface area contributed by atoms with Crippen molar-refractivity contribution < 1.29 is 41.9 Å². The van der Waals surface area contributed by atoms with Gasteiger partial charge in [-0.05, 0) is 50.5 Å². The van der Waals surface area contributed by atoms with E-state index in [4.69, 9.17) is 10.5 Å². The fourth-order valence-corrected chi connectivity index (χ4v) is 4.96. The number of carbonyl (C=O) groups is 5. The number of hydrogen-bond acceptors (Lipinski definition) is 8. The molecular weight excluding hydrogens is 579 g/mol. The third kappa shape index (κ3) is 8.76. The molecule has 3 atom stereocenters. The zero-order chi connectivity index (χ0) is 31.8. The summed E-state index contributed by atoms with van der Waals surface area (Å²) >= 11 is 0.834. The van der Waals surface area contributed by atoms with E-state index in [1.807, 2.05) is 0 Å². The molecule has 0 bridgehead atoms. The maximum atomic E-state index is 13.2. The highest BCUT2D eigenvalue weighted by Gasteiger charge is 2.31. The van der Waals surface area contributed by atoms with Crippen LogP contribution >= 0.6 is 11.3 Å². The predicted molar refractivity (Wildman–Crippen MR) is 150 cm³/mol. The van der Waals surface area contributed by atoms with E-state index in [2.05, 4.69) is 21.3 Å². The molecule has 0 aliphatic heterocycles. The maximum Gasteiger partial charge on any atom is 0.416 e. The lowest BCUT2D eigenvalue weighted by Gasteiger charge is -2.16. The number of ether oxygens (including phenoxy) is 1. The summed E-state index contributed by atoms with van der Waals surface area (Å²) in [6.45, 7) is 6.20. The molecule has 1 unspecified atom stereocenters. The van der Waals surface area contributed by atoms with Gasteiger partial charge in [-0.25, -0.2) is 4.79 Å². The van der Waals surface area contributed by atoms with Gasteiger partial charge in [0.05, 0.1) is 35.1 Å². The van der Waals surface area contributed by atoms with Crippen LogP contribution in [-0.4, -0.2) is 61.9 Å². The first-order chi connectivity index (χ1) is 19.6. The molecule has 0 saturated carbocycles. The van der Waals surface area contributed by atoms with Crippen LogP contribution in [0, 0.1) is 6.92 Å². The average molecular weight is 614 g/mol. The number of thiophene rings is 1. The molecule has 4 amide bonds. The number of carbonyl (C=O) groups excluding carboxylic acids is 5. The van der Waals surface area contributed by atoms with E-state index in [0.717, 1.165) is 30.6 Å². The third-order valence-electron chi connectivity index (χ3n) is 6.22. The van der Waals surface area contributed by atoms with Crippen molar-refractivity contribution in [3.63, 3.8) is 0 Å². The smallest absolute Gasteiger partial charge is 0.416 e. The lowest BCUT2D eigenvalue weighted by Crippen LogP contribution is -2.50. The second kappa shape index (κ2) is 14.8. The third-order valence-corrected chi connectivity index (χ3v) is 7.43. The summed E-state index contributed by atoms with van der Waals surface area (Å²) in [4.78, 5) is 62.5. The van der Waals surface area contributed by atoms with E-state index in [-0.39, 0.29) is 40.5 Å². The highest BCUT2D eigenvalue weighted by atomic mass is 32.1. The van der Waals surface area contributed by atoms with Crippen molar-refractivity contribution >= 4 is 45.9 Å². The lowest BCUT2D eigenvalue weighted by molar-refractivity contribution is -0.137. The largest absolute Gasteiger partial charge is 0.465 e. The molecular formula is C27H34F3N5O6S. The summed E-state index contributed by atoms with van der Waals surface area (Å²) in [6.07, 6.45) is -4.27. The van der Waals surface area contributed by atoms with E-state index < -0.39 is 59.3 Å². The molecule has 230 valence electrons. The number of methoxy groups -OCH3 is 1. The molecule has 1 heterocycles. The number of alkyl halides is 3. The van der Waals surface area contributed by atoms with Gasteiger partial charge in [-0.1, -0.05) is 19.1 Å². The molecule has 42 heavy (non-hydrogen) atoms. The zero-order valence-corrected chi connectivity index (χ0v) is 24.5. The minimum absolute atomic E-state index is 0.0109. The van der Waals surface area contributed by atoms with Gasteiger partial charge < -0.3 is 31.7 Å². The van der Waals surface area contributed by atoms with Crippen molar-refractivity contribution in [1.82, 2.24) is 16.0 Å². The Morgan fingerprint density at radius 1 is 0.976 bits per heavy atom. The molecule has 6 N–H and O–H groups in total. The van der Waals surface area contributed by atoms with Gasteiger partial charge in [0.1, 0.15) is 11.0 Å². The Bertz CT molecular complexity index is 1310. The van der Waals surface area contributed by atoms with Gasteiger partial charge in [-0.15, -0.1) is 11.3 Å². The molecule has 2 rings (SSSR count). The summed E-state index contributed by atoms with van der Waals surface area (Å²) in [7, 11) is 1.14. The van der Waals surface area contributed by atoms with Gasteiger partial charge in [-0.3, -0.25) is 19.2 Å². The number of rotatable bonds is 12. The van der Waals surface area contributed by atoms with Gasteiger partial charge in [0.15, 0.2) is 0 Å². The average Bonchev–Trinajstić information content (AvgIpc) is 3.25. The van der Waals surface area contributed by atoms with Crippen molar-refractivity contribution in [3.05, 3.63) is 51.4 Å². The Morgan fingerprint density at radius 2 is 1.57 bits per heavy atom. The van der Waals surface area contributed by atoms with Crippen molar-refractivity contribution in [1.29, 1.82) is 0 Å². The van der Waals surface area contributed by atoms with Crippen molar-refractivity contribution in [2.24, 2.45) is 5.73 Å². The zero-order valence-electron chi connectivity index (χ0n) is 23.7. The molecule has 11 nitrogen and oxygen atoms in total. The van der Waals surface area contributed by atoms with Gasteiger partial charge >= 0.3 is 12.1 Å². The second-order valence-electron chi connectivity index (χ2n) is 9.39. The summed E-state index contributed by atoms with van der Waals surface area (Å²) in [5.74, 6) is -3.76. The van der Waals surface area contributed by atoms with Crippen LogP contribution in [0.2, 0.25) is 0 Å². The summed E-state index contributed by atoms with van der Waals surface area (Å²) in [6, 6.07) is 2.61. The Morgan fingerprint density at radius 3 is 2.10 bits per heavy atom. The standard InChI is InChI=1S/C27H34F3N5O6S/c1-6-18(16-7-9-17(10-8-16)27(28,29)30)23(38)35-25-19(26(40)41-5)13(2)20(42-25)24(39)33-12-11-32-22(37)15(4)34-21(36)14(3)31/h7-10,14-15,18H,6,11-12,31H2,1-5H3,(H,32,37)(H,33,39)(H,34,36)(H,35,38)/t14-,15-,18?/m0/s1. The number of nitrogens with two attached hydrogens (primary N) is 1. The normalized spacial score (nSPS) is 13.4. The van der Waals surface area contributed by atoms with Crippen LogP contribution in [0.1, 0.15) is 69.8 Å². The summed E-state index contributed by atoms with van der Waals surface area (Å²) in [5, 5.41) is 10.3. The van der Waals surface area contributed by atoms with E-state index in [1.54, 1.807) is 6.92 Å². The van der Waals surface area contributed by atoms with Gasteiger partial charge in [0.2, 0.25) is 17.7 Å². The van der Waals surface area contributed by atoms with Crippen LogP contribution in [-0.2, 0) is 25.3 Å². The van der Waals surface area contributed by atoms with E-state index in [9.17, 15) is 37.1 Å². The fourth-order valence-electron chi connectivity index (χ4n) is 3.85. The van der Waals surface area contributed by atoms with Crippen molar-refractivity contribution in [3.8, 4) is 0 Å². The molecule has 15 heteroatoms. The van der Waals surface area contributed by atoms with Crippen LogP contribution in [0.15, 0.2) is 24.3 Å². The van der Waals surface area contributed by atoms with E-state index in [0.29, 0.717) is 5.56 Å². The minimum atomic E-state index is -4.52. The number of esters is 1. The molecule has 0 aliphatic rings. The van der Waals surface area contributed by atoms with Gasteiger partial charge in [0, 0.05) is 13.1 Å². The summed E-state index contributed by atoms with van der Waals surface area (Å²) in [5.41, 5.74) is 5.18. The molecule has 0 fully saturated rings. The monoisotopic (exact) mass is 613 g/mol. The number of anilines is 1. The number of hydrogen-bond donors (Lipinski definition) is 5. The molecule has 1 aromatic carbocycles. The molecule has 1 aromatic heterocycles. The molecule has 2 aromatic rings. The second-order valence-corrected chi connectivity index (χ2v) is 10.4. The number of nitrogens with one attached hydrogen (secondary N) is 4. The highest BCUT2D eigenvalue weighted by Crippen LogP contribution is 2.35. The van der Waals surface area contributed by atoms with Crippen LogP contribution < -0.4 is 27.0 Å². The molecule has 0 aliphatic carbocycles. The predicted octanol–water partition coefficient (Wildman–Crippen LogP) is 2.69. The first kappa shape index (κ1) is 34.2. The SMILES string of the molecule is CCC(C(=O)Nc1sc(C(=O)NCCNC(=O)[C@H](C)NC(=O)[C@H](C)N)c(C)c1C(=O)OC)c1ccc(C(F)(F)F)cc1. The van der Waals surface area contributed by atoms with Crippen LogP contribution in [0.25, 0.3) is 0 Å². The van der Waals surface area contributed by atoms with Crippen molar-refractivity contribution in [2.45, 2.75) is 58.3 Å². The first-order valence-corrected chi connectivity index (χ1v) is 13.7. The van der Waals surface area contributed by atoms with Gasteiger partial charge in [-0.2, -0.15) is 13.2 Å².